The molecule has 0 bridgehead atoms. The molecule has 0 spiro atoms. The van der Waals surface area contributed by atoms with Crippen LogP contribution in [0.3, 0.4) is 0 Å². The molecule has 6 heteroatoms. The summed E-state index contributed by atoms with van der Waals surface area (Å²) in [7, 11) is 0. The van der Waals surface area contributed by atoms with Crippen LogP contribution in [0.1, 0.15) is 79.0 Å². The number of aromatic nitrogens is 1. The highest BCUT2D eigenvalue weighted by atomic mass is 32.1. The van der Waals surface area contributed by atoms with Crippen LogP contribution in [0, 0.1) is 0 Å². The van der Waals surface area contributed by atoms with Gasteiger partial charge in [0.1, 0.15) is 5.58 Å². The van der Waals surface area contributed by atoms with Crippen molar-refractivity contribution in [1.29, 1.82) is 0 Å². The number of rotatable bonds is 4. The number of anilines is 6. The maximum Gasteiger partial charge on any atom is 0.333 e. The molecule has 0 atom stereocenters. The molecule has 5 heterocycles. The third-order valence-electron chi connectivity index (χ3n) is 16.8. The Labute approximate surface area is 448 Å². The van der Waals surface area contributed by atoms with E-state index < -0.39 is 0 Å². The molecule has 3 aromatic heterocycles. The summed E-state index contributed by atoms with van der Waals surface area (Å²) in [6.45, 7) is 20.7. The molecule has 0 unspecified atom stereocenters. The van der Waals surface area contributed by atoms with Gasteiger partial charge in [-0.3, -0.25) is 0 Å². The van der Waals surface area contributed by atoms with Gasteiger partial charge in [0.05, 0.1) is 5.69 Å². The van der Waals surface area contributed by atoms with Crippen molar-refractivity contribution in [3.05, 3.63) is 205 Å². The Kier molecular flexibility index (Phi) is 9.40. The Morgan fingerprint density at radius 2 is 1.11 bits per heavy atom. The van der Waals surface area contributed by atoms with Gasteiger partial charge in [0.25, 0.3) is 0 Å². The molecule has 2 aliphatic heterocycles. The minimum absolute atomic E-state index is 0.0156. The summed E-state index contributed by atoms with van der Waals surface area (Å²) in [6.07, 6.45) is 0. The quantitative estimate of drug-likeness (QED) is 0.164. The fourth-order valence-corrected chi connectivity index (χ4v) is 14.2. The van der Waals surface area contributed by atoms with Crippen LogP contribution in [0.2, 0.25) is 0 Å². The highest BCUT2D eigenvalue weighted by Gasteiger charge is 2.45. The first-order valence-electron chi connectivity index (χ1n) is 26.9. The number of para-hydroxylation sites is 2. The predicted octanol–water partition coefficient (Wildman–Crippen LogP) is 19.0. The minimum atomic E-state index is -0.191. The third-order valence-corrected chi connectivity index (χ3v) is 18.0. The van der Waals surface area contributed by atoms with Crippen LogP contribution in [-0.2, 0) is 16.2 Å². The van der Waals surface area contributed by atoms with E-state index in [4.69, 9.17) is 4.42 Å². The van der Waals surface area contributed by atoms with Crippen LogP contribution in [0.5, 0.6) is 0 Å². The van der Waals surface area contributed by atoms with Crippen molar-refractivity contribution in [2.75, 3.05) is 9.80 Å². The molecule has 2 aliphatic rings. The Bertz CT molecular complexity index is 4530. The van der Waals surface area contributed by atoms with Gasteiger partial charge in [-0.25, -0.2) is 0 Å². The normalized spacial score (nSPS) is 13.5. The van der Waals surface area contributed by atoms with Crippen molar-refractivity contribution >= 4 is 138 Å². The maximum atomic E-state index is 7.04. The van der Waals surface area contributed by atoms with Gasteiger partial charge in [-0.1, -0.05) is 165 Å². The van der Waals surface area contributed by atoms with Gasteiger partial charge < -0.3 is 18.7 Å². The van der Waals surface area contributed by atoms with Crippen molar-refractivity contribution in [3.63, 3.8) is 0 Å². The molecule has 13 aromatic rings. The Hall–Kier alpha value is -8.06. The summed E-state index contributed by atoms with van der Waals surface area (Å²) in [5.41, 5.74) is 20.0. The summed E-state index contributed by atoms with van der Waals surface area (Å²) in [4.78, 5) is 5.03. The zero-order valence-corrected chi connectivity index (χ0v) is 45.4. The second-order valence-corrected chi connectivity index (χ2v) is 25.6. The van der Waals surface area contributed by atoms with Crippen molar-refractivity contribution in [2.45, 2.75) is 78.6 Å². The number of furan rings is 1. The lowest BCUT2D eigenvalue weighted by atomic mass is 9.45. The first kappa shape index (κ1) is 45.3. The fraction of sp³-hybridized carbons (Fsp3) is 0.171. The number of benzene rings is 10. The molecule has 368 valence electrons. The van der Waals surface area contributed by atoms with E-state index in [0.29, 0.717) is 0 Å². The minimum Gasteiger partial charge on any atom is -0.454 e. The summed E-state index contributed by atoms with van der Waals surface area (Å²) in [6, 6.07) is 71.4. The molecule has 4 nitrogen and oxygen atoms in total. The lowest BCUT2D eigenvalue weighted by Gasteiger charge is -2.41. The smallest absolute Gasteiger partial charge is 0.333 e. The van der Waals surface area contributed by atoms with E-state index in [1.807, 2.05) is 11.3 Å². The van der Waals surface area contributed by atoms with Crippen LogP contribution >= 0.6 is 11.3 Å². The Balaban J connectivity index is 1.11. The second-order valence-electron chi connectivity index (χ2n) is 24.5. The van der Waals surface area contributed by atoms with Crippen LogP contribution in [0.15, 0.2) is 192 Å². The van der Waals surface area contributed by atoms with E-state index in [1.54, 1.807) is 0 Å². The zero-order valence-electron chi connectivity index (χ0n) is 44.6. The number of hydrogen-bond donors (Lipinski definition) is 0. The average molecular weight is 1000 g/mol. The highest BCUT2D eigenvalue weighted by Crippen LogP contribution is 2.54. The molecule has 0 fully saturated rings. The first-order valence-corrected chi connectivity index (χ1v) is 27.8. The van der Waals surface area contributed by atoms with Crippen LogP contribution in [-0.4, -0.2) is 11.3 Å². The molecule has 0 saturated heterocycles. The van der Waals surface area contributed by atoms with E-state index in [9.17, 15) is 0 Å². The topological polar surface area (TPSA) is 24.6 Å². The number of thiophene rings is 1. The monoisotopic (exact) mass is 999 g/mol. The molecular weight excluding hydrogens is 942 g/mol. The van der Waals surface area contributed by atoms with E-state index in [0.717, 1.165) is 50.4 Å². The van der Waals surface area contributed by atoms with Gasteiger partial charge in [0, 0.05) is 92.3 Å². The van der Waals surface area contributed by atoms with E-state index in [-0.39, 0.29) is 23.1 Å². The Morgan fingerprint density at radius 1 is 0.474 bits per heavy atom. The zero-order chi connectivity index (χ0) is 51.7. The standard InChI is InChI=1S/C70H58BN3OS/c1-68(2,3)42-26-30-45(31-27-42)72(46-32-28-43(29-33-46)69(4,5)6)47-34-36-56-55(39-47)71-64-59(73(56)58-22-16-21-51-49-19-12-14-23-60(49)75-66(51)58)40-52-50-20-13-15-24-61(50)76-67(52)63(64)54-38-44(70(7,8)9)37-53-62-48-18-11-10-17-41(48)25-35-57(62)74(71)65(53)54/h10-40H,1-9H3. The summed E-state index contributed by atoms with van der Waals surface area (Å²) >= 11 is 1.94. The van der Waals surface area contributed by atoms with Crippen molar-refractivity contribution in [2.24, 2.45) is 0 Å². The second kappa shape index (κ2) is 15.8. The Morgan fingerprint density at radius 3 is 1.82 bits per heavy atom. The van der Waals surface area contributed by atoms with Gasteiger partial charge in [-0.2, -0.15) is 0 Å². The van der Waals surface area contributed by atoms with Crippen LogP contribution in [0.25, 0.3) is 85.8 Å². The lowest BCUT2D eigenvalue weighted by Crippen LogP contribution is -2.56. The largest absolute Gasteiger partial charge is 0.454 e. The summed E-state index contributed by atoms with van der Waals surface area (Å²) in [5, 5.41) is 9.95. The number of fused-ring (bicyclic) bond motifs is 16. The van der Waals surface area contributed by atoms with Crippen molar-refractivity contribution < 1.29 is 4.42 Å². The highest BCUT2D eigenvalue weighted by molar-refractivity contribution is 7.26. The number of nitrogens with zero attached hydrogens (tertiary/aromatic N) is 3. The SMILES string of the molecule is CC(C)(C)c1ccc(N(c2ccc(C(C)(C)C)cc2)c2ccc3c(c2)B2c4c(cc5c(sc6ccccc65)c4-c4cc(C(C)(C)C)cc5c6c7ccccc7ccc6n2c45)N3c2cccc3c2oc2ccccc23)cc1. The van der Waals surface area contributed by atoms with E-state index in [2.05, 4.69) is 265 Å². The average Bonchev–Trinajstić information content (AvgIpc) is 4.15. The molecule has 0 saturated carbocycles. The van der Waals surface area contributed by atoms with E-state index >= 15 is 0 Å². The van der Waals surface area contributed by atoms with Gasteiger partial charge >= 0.3 is 6.85 Å². The molecule has 76 heavy (non-hydrogen) atoms. The molecule has 0 aliphatic carbocycles. The molecule has 0 amide bonds. The molecule has 10 aromatic carbocycles. The van der Waals surface area contributed by atoms with Crippen LogP contribution < -0.4 is 20.7 Å². The number of hydrogen-bond acceptors (Lipinski definition) is 4. The summed E-state index contributed by atoms with van der Waals surface area (Å²) in [5.74, 6) is 0. The first-order chi connectivity index (χ1) is 36.6. The predicted molar refractivity (Wildman–Crippen MR) is 328 cm³/mol. The van der Waals surface area contributed by atoms with Gasteiger partial charge in [0.2, 0.25) is 0 Å². The van der Waals surface area contributed by atoms with Crippen molar-refractivity contribution in [1.82, 2.24) is 4.48 Å². The summed E-state index contributed by atoms with van der Waals surface area (Å²) < 4.78 is 12.4. The lowest BCUT2D eigenvalue weighted by molar-refractivity contribution is 0.590. The molecular formula is C70H58BN3OS. The molecule has 15 rings (SSSR count). The van der Waals surface area contributed by atoms with Crippen LogP contribution in [0.4, 0.5) is 34.1 Å². The maximum absolute atomic E-state index is 7.04. The van der Waals surface area contributed by atoms with Crippen molar-refractivity contribution in [3.8, 4) is 11.1 Å². The van der Waals surface area contributed by atoms with Gasteiger partial charge in [0.15, 0.2) is 5.58 Å². The fourth-order valence-electron chi connectivity index (χ4n) is 12.9. The molecule has 0 N–H and O–H groups in total. The van der Waals surface area contributed by atoms with E-state index in [1.165, 1.54) is 97.2 Å². The third kappa shape index (κ3) is 6.49. The van der Waals surface area contributed by atoms with Gasteiger partial charge in [-0.15, -0.1) is 11.3 Å². The van der Waals surface area contributed by atoms with Gasteiger partial charge in [-0.05, 0) is 140 Å². The molecule has 0 radical (unpaired) electrons.